The first-order valence-corrected chi connectivity index (χ1v) is 4.79. The Morgan fingerprint density at radius 3 is 2.50 bits per heavy atom. The molecule has 14 heavy (non-hydrogen) atoms. The maximum absolute atomic E-state index is 4.12. The topological polar surface area (TPSA) is 30.7 Å². The molecule has 72 valence electrons. The van der Waals surface area contributed by atoms with Crippen LogP contribution < -0.4 is 0 Å². The van der Waals surface area contributed by atoms with Gasteiger partial charge in [-0.2, -0.15) is 0 Å². The minimum absolute atomic E-state index is 0.929. The van der Waals surface area contributed by atoms with E-state index in [4.69, 9.17) is 0 Å². The number of hydrogen-bond donors (Lipinski definition) is 0. The molecular formula is C11H13N3. The van der Waals surface area contributed by atoms with Crippen LogP contribution in [0.2, 0.25) is 0 Å². The summed E-state index contributed by atoms with van der Waals surface area (Å²) in [6, 6.07) is 10.1. The van der Waals surface area contributed by atoms with Gasteiger partial charge < -0.3 is 0 Å². The number of nitrogens with zero attached hydrogens (tertiary/aromatic N) is 3. The second-order valence-corrected chi connectivity index (χ2v) is 3.22. The first-order chi connectivity index (χ1) is 6.83. The first-order valence-electron chi connectivity index (χ1n) is 4.79. The van der Waals surface area contributed by atoms with Gasteiger partial charge >= 0.3 is 0 Å². The quantitative estimate of drug-likeness (QED) is 0.721. The zero-order valence-electron chi connectivity index (χ0n) is 8.44. The lowest BCUT2D eigenvalue weighted by atomic mass is 10.2. The van der Waals surface area contributed by atoms with Gasteiger partial charge in [-0.05, 0) is 25.5 Å². The molecule has 0 fully saturated rings. The predicted octanol–water partition coefficient (Wildman–Crippen LogP) is 2.14. The second-order valence-electron chi connectivity index (χ2n) is 3.22. The molecule has 0 atom stereocenters. The summed E-state index contributed by atoms with van der Waals surface area (Å²) in [6.45, 7) is 4.14. The molecule has 0 aliphatic rings. The van der Waals surface area contributed by atoms with E-state index in [-0.39, 0.29) is 0 Å². The van der Waals surface area contributed by atoms with Crippen LogP contribution >= 0.6 is 0 Å². The van der Waals surface area contributed by atoms with Gasteiger partial charge in [0.15, 0.2) is 0 Å². The zero-order chi connectivity index (χ0) is 9.97. The van der Waals surface area contributed by atoms with Gasteiger partial charge in [-0.25, -0.2) is 4.68 Å². The molecule has 0 radical (unpaired) electrons. The third-order valence-electron chi connectivity index (χ3n) is 2.33. The summed E-state index contributed by atoms with van der Waals surface area (Å²) >= 11 is 0. The van der Waals surface area contributed by atoms with Gasteiger partial charge in [-0.15, -0.1) is 5.10 Å². The Balaban J connectivity index is 2.48. The molecule has 2 rings (SSSR count). The van der Waals surface area contributed by atoms with Crippen molar-refractivity contribution in [3.8, 4) is 5.69 Å². The minimum atomic E-state index is 0.929. The number of aryl methyl sites for hydroxylation is 1. The number of benzene rings is 1. The number of aromatic nitrogens is 3. The lowest BCUT2D eigenvalue weighted by Gasteiger charge is -2.01. The van der Waals surface area contributed by atoms with Crippen LogP contribution in [0, 0.1) is 6.92 Å². The molecule has 3 heteroatoms. The SMILES string of the molecule is CCc1nnn(-c2ccccc2)c1C. The summed E-state index contributed by atoms with van der Waals surface area (Å²) in [7, 11) is 0. The molecule has 1 heterocycles. The highest BCUT2D eigenvalue weighted by molar-refractivity contribution is 5.32. The van der Waals surface area contributed by atoms with Crippen LogP contribution in [0.25, 0.3) is 5.69 Å². The Hall–Kier alpha value is -1.64. The highest BCUT2D eigenvalue weighted by atomic mass is 15.4. The molecule has 2 aromatic rings. The predicted molar refractivity (Wildman–Crippen MR) is 55.5 cm³/mol. The number of rotatable bonds is 2. The van der Waals surface area contributed by atoms with Crippen molar-refractivity contribution in [2.75, 3.05) is 0 Å². The maximum Gasteiger partial charge on any atom is 0.0858 e. The Morgan fingerprint density at radius 1 is 1.21 bits per heavy atom. The highest BCUT2D eigenvalue weighted by Crippen LogP contribution is 2.11. The van der Waals surface area contributed by atoms with E-state index in [0.717, 1.165) is 23.5 Å². The van der Waals surface area contributed by atoms with Crippen molar-refractivity contribution >= 4 is 0 Å². The fourth-order valence-corrected chi connectivity index (χ4v) is 1.50. The van der Waals surface area contributed by atoms with E-state index >= 15 is 0 Å². The second kappa shape index (κ2) is 3.62. The minimum Gasteiger partial charge on any atom is -0.218 e. The lowest BCUT2D eigenvalue weighted by Crippen LogP contribution is -1.98. The van der Waals surface area contributed by atoms with E-state index in [1.807, 2.05) is 41.9 Å². The van der Waals surface area contributed by atoms with Gasteiger partial charge in [-0.3, -0.25) is 0 Å². The zero-order valence-corrected chi connectivity index (χ0v) is 8.44. The van der Waals surface area contributed by atoms with Gasteiger partial charge in [0.1, 0.15) is 0 Å². The Labute approximate surface area is 83.4 Å². The van der Waals surface area contributed by atoms with Crippen LogP contribution in [0.1, 0.15) is 18.3 Å². The van der Waals surface area contributed by atoms with Gasteiger partial charge in [-0.1, -0.05) is 30.3 Å². The molecule has 0 bridgehead atoms. The molecule has 1 aromatic heterocycles. The van der Waals surface area contributed by atoms with E-state index in [9.17, 15) is 0 Å². The molecule has 1 aromatic carbocycles. The van der Waals surface area contributed by atoms with Crippen LogP contribution in [0.4, 0.5) is 0 Å². The number of para-hydroxylation sites is 1. The molecule has 0 aliphatic carbocycles. The third-order valence-corrected chi connectivity index (χ3v) is 2.33. The highest BCUT2D eigenvalue weighted by Gasteiger charge is 2.06. The summed E-state index contributed by atoms with van der Waals surface area (Å²) in [6.07, 6.45) is 0.929. The van der Waals surface area contributed by atoms with Crippen molar-refractivity contribution < 1.29 is 0 Å². The summed E-state index contributed by atoms with van der Waals surface area (Å²) in [4.78, 5) is 0. The van der Waals surface area contributed by atoms with Crippen molar-refractivity contribution in [2.24, 2.45) is 0 Å². The van der Waals surface area contributed by atoms with Crippen LogP contribution in [-0.4, -0.2) is 15.0 Å². The normalized spacial score (nSPS) is 10.4. The summed E-state index contributed by atoms with van der Waals surface area (Å²) in [5.41, 5.74) is 3.25. The summed E-state index contributed by atoms with van der Waals surface area (Å²) < 4.78 is 1.87. The van der Waals surface area contributed by atoms with Crippen LogP contribution in [0.15, 0.2) is 30.3 Å². The van der Waals surface area contributed by atoms with E-state index in [2.05, 4.69) is 17.2 Å². The van der Waals surface area contributed by atoms with Gasteiger partial charge in [0.25, 0.3) is 0 Å². The van der Waals surface area contributed by atoms with Crippen LogP contribution in [0.5, 0.6) is 0 Å². The van der Waals surface area contributed by atoms with Crippen molar-refractivity contribution in [1.82, 2.24) is 15.0 Å². The van der Waals surface area contributed by atoms with Crippen molar-refractivity contribution in [2.45, 2.75) is 20.3 Å². The number of hydrogen-bond acceptors (Lipinski definition) is 2. The molecule has 0 spiro atoms. The van der Waals surface area contributed by atoms with E-state index in [0.29, 0.717) is 0 Å². The standard InChI is InChI=1S/C11H13N3/c1-3-11-9(2)14(13-12-11)10-7-5-4-6-8-10/h4-8H,3H2,1-2H3. The van der Waals surface area contributed by atoms with Crippen molar-refractivity contribution in [1.29, 1.82) is 0 Å². The molecular weight excluding hydrogens is 174 g/mol. The van der Waals surface area contributed by atoms with Gasteiger partial charge in [0.05, 0.1) is 17.1 Å². The maximum atomic E-state index is 4.12. The Bertz CT molecular complexity index is 417. The van der Waals surface area contributed by atoms with Crippen LogP contribution in [-0.2, 0) is 6.42 Å². The van der Waals surface area contributed by atoms with E-state index < -0.39 is 0 Å². The van der Waals surface area contributed by atoms with E-state index in [1.54, 1.807) is 0 Å². The fourth-order valence-electron chi connectivity index (χ4n) is 1.50. The molecule has 0 saturated heterocycles. The van der Waals surface area contributed by atoms with Crippen molar-refractivity contribution in [3.05, 3.63) is 41.7 Å². The Morgan fingerprint density at radius 2 is 1.93 bits per heavy atom. The summed E-state index contributed by atoms with van der Waals surface area (Å²) in [5, 5.41) is 8.25. The lowest BCUT2D eigenvalue weighted by molar-refractivity contribution is 0.783. The molecule has 0 N–H and O–H groups in total. The molecule has 0 saturated carbocycles. The third kappa shape index (κ3) is 1.41. The van der Waals surface area contributed by atoms with E-state index in [1.165, 1.54) is 0 Å². The molecule has 0 amide bonds. The largest absolute Gasteiger partial charge is 0.218 e. The fraction of sp³-hybridized carbons (Fsp3) is 0.273. The van der Waals surface area contributed by atoms with Crippen LogP contribution in [0.3, 0.4) is 0 Å². The van der Waals surface area contributed by atoms with Gasteiger partial charge in [0, 0.05) is 0 Å². The smallest absolute Gasteiger partial charge is 0.0858 e. The molecule has 3 nitrogen and oxygen atoms in total. The average Bonchev–Trinajstić information content (AvgIpc) is 2.61. The Kier molecular flexibility index (Phi) is 2.31. The summed E-state index contributed by atoms with van der Waals surface area (Å²) in [5.74, 6) is 0. The molecule has 0 unspecified atom stereocenters. The first kappa shape index (κ1) is 8.94. The van der Waals surface area contributed by atoms with Crippen molar-refractivity contribution in [3.63, 3.8) is 0 Å². The van der Waals surface area contributed by atoms with Gasteiger partial charge in [0.2, 0.25) is 0 Å². The molecule has 0 aliphatic heterocycles. The average molecular weight is 187 g/mol. The monoisotopic (exact) mass is 187 g/mol.